The molecule has 0 saturated carbocycles. The molecule has 0 aromatic heterocycles. The highest BCUT2D eigenvalue weighted by Crippen LogP contribution is 2.27. The summed E-state index contributed by atoms with van der Waals surface area (Å²) in [6.45, 7) is 0. The lowest BCUT2D eigenvalue weighted by molar-refractivity contribution is -0.429. The van der Waals surface area contributed by atoms with Crippen LogP contribution in [0, 0.1) is 0 Å². The molecule has 0 fully saturated rings. The normalized spacial score (nSPS) is 43.3. The molecule has 0 saturated heterocycles. The maximum Gasteiger partial charge on any atom is 0.306 e. The van der Waals surface area contributed by atoms with Crippen LogP contribution in [-0.4, -0.2) is 36.4 Å². The summed E-state index contributed by atoms with van der Waals surface area (Å²) in [6, 6.07) is 0. The Morgan fingerprint density at radius 1 is 1.09 bits per heavy atom. The number of ether oxygens (including phenoxy) is 3. The molecule has 0 spiro atoms. The standard InChI is InChI=1S/C6H10O5/c1-9-5(7)3-4-6(8,10-2)11-5/h3-4,7-8H,1-2H3. The number of rotatable bonds is 2. The third-order valence-electron chi connectivity index (χ3n) is 1.38. The van der Waals surface area contributed by atoms with E-state index >= 15 is 0 Å². The molecule has 5 nitrogen and oxygen atoms in total. The quantitative estimate of drug-likeness (QED) is 0.409. The van der Waals surface area contributed by atoms with Gasteiger partial charge in [0, 0.05) is 26.4 Å². The van der Waals surface area contributed by atoms with Crippen molar-refractivity contribution in [2.45, 2.75) is 11.9 Å². The highest BCUT2D eigenvalue weighted by molar-refractivity contribution is 5.02. The van der Waals surface area contributed by atoms with Crippen molar-refractivity contribution in [2.24, 2.45) is 0 Å². The van der Waals surface area contributed by atoms with Crippen LogP contribution in [0.25, 0.3) is 0 Å². The molecule has 2 unspecified atom stereocenters. The monoisotopic (exact) mass is 162 g/mol. The first kappa shape index (κ1) is 8.63. The van der Waals surface area contributed by atoms with Crippen LogP contribution in [0.4, 0.5) is 0 Å². The fourth-order valence-corrected chi connectivity index (χ4v) is 0.708. The molecular weight excluding hydrogens is 152 g/mol. The predicted octanol–water partition coefficient (Wildman–Crippen LogP) is -0.842. The summed E-state index contributed by atoms with van der Waals surface area (Å²) in [5.41, 5.74) is 0. The third kappa shape index (κ3) is 1.58. The summed E-state index contributed by atoms with van der Waals surface area (Å²) in [5.74, 6) is -3.77. The van der Waals surface area contributed by atoms with Crippen LogP contribution in [0.2, 0.25) is 0 Å². The molecule has 1 aliphatic heterocycles. The van der Waals surface area contributed by atoms with E-state index in [2.05, 4.69) is 14.2 Å². The van der Waals surface area contributed by atoms with Crippen molar-refractivity contribution in [3.63, 3.8) is 0 Å². The minimum atomic E-state index is -1.88. The van der Waals surface area contributed by atoms with Gasteiger partial charge in [-0.25, -0.2) is 0 Å². The molecule has 0 amide bonds. The van der Waals surface area contributed by atoms with E-state index in [4.69, 9.17) is 0 Å². The van der Waals surface area contributed by atoms with Gasteiger partial charge in [-0.2, -0.15) is 0 Å². The van der Waals surface area contributed by atoms with Crippen molar-refractivity contribution in [1.29, 1.82) is 0 Å². The van der Waals surface area contributed by atoms with Gasteiger partial charge in [0.15, 0.2) is 0 Å². The summed E-state index contributed by atoms with van der Waals surface area (Å²) >= 11 is 0. The van der Waals surface area contributed by atoms with Crippen molar-refractivity contribution >= 4 is 0 Å². The van der Waals surface area contributed by atoms with Crippen LogP contribution in [-0.2, 0) is 14.2 Å². The van der Waals surface area contributed by atoms with Gasteiger partial charge in [-0.15, -0.1) is 0 Å². The highest BCUT2D eigenvalue weighted by atomic mass is 16.9. The van der Waals surface area contributed by atoms with Crippen molar-refractivity contribution in [3.8, 4) is 0 Å². The first-order valence-corrected chi connectivity index (χ1v) is 2.99. The summed E-state index contributed by atoms with van der Waals surface area (Å²) in [5, 5.41) is 18.4. The zero-order chi connectivity index (χ0) is 8.54. The van der Waals surface area contributed by atoms with Crippen LogP contribution in [0.1, 0.15) is 0 Å². The molecule has 1 rings (SSSR count). The Morgan fingerprint density at radius 3 is 1.64 bits per heavy atom. The topological polar surface area (TPSA) is 68.2 Å². The molecule has 2 N–H and O–H groups in total. The summed E-state index contributed by atoms with van der Waals surface area (Å²) in [6.07, 6.45) is 2.30. The predicted molar refractivity (Wildman–Crippen MR) is 34.1 cm³/mol. The molecule has 2 atom stereocenters. The van der Waals surface area contributed by atoms with Crippen molar-refractivity contribution in [3.05, 3.63) is 12.2 Å². The minimum absolute atomic E-state index is 1.15. The van der Waals surface area contributed by atoms with Gasteiger partial charge in [0.1, 0.15) is 0 Å². The van der Waals surface area contributed by atoms with Crippen LogP contribution >= 0.6 is 0 Å². The van der Waals surface area contributed by atoms with E-state index in [9.17, 15) is 10.2 Å². The van der Waals surface area contributed by atoms with E-state index in [1.54, 1.807) is 0 Å². The van der Waals surface area contributed by atoms with E-state index in [1.165, 1.54) is 14.2 Å². The first-order chi connectivity index (χ1) is 5.04. The lowest BCUT2D eigenvalue weighted by Gasteiger charge is -2.24. The van der Waals surface area contributed by atoms with E-state index in [-0.39, 0.29) is 0 Å². The van der Waals surface area contributed by atoms with Crippen molar-refractivity contribution in [2.75, 3.05) is 14.2 Å². The molecule has 0 radical (unpaired) electrons. The number of hydrogen-bond donors (Lipinski definition) is 2. The lowest BCUT2D eigenvalue weighted by Crippen LogP contribution is -2.39. The van der Waals surface area contributed by atoms with Gasteiger partial charge < -0.3 is 19.7 Å². The fraction of sp³-hybridized carbons (Fsp3) is 0.667. The third-order valence-corrected chi connectivity index (χ3v) is 1.38. The molecular formula is C6H10O5. The molecule has 1 aliphatic rings. The van der Waals surface area contributed by atoms with Crippen LogP contribution in [0.15, 0.2) is 12.2 Å². The Hall–Kier alpha value is -0.460. The molecule has 0 aromatic rings. The van der Waals surface area contributed by atoms with Crippen LogP contribution in [0.5, 0.6) is 0 Å². The zero-order valence-electron chi connectivity index (χ0n) is 6.27. The van der Waals surface area contributed by atoms with Gasteiger partial charge in [-0.3, -0.25) is 4.74 Å². The van der Waals surface area contributed by atoms with Crippen LogP contribution in [0.3, 0.4) is 0 Å². The Labute approximate surface area is 63.8 Å². The molecule has 0 aliphatic carbocycles. The van der Waals surface area contributed by atoms with Crippen LogP contribution < -0.4 is 0 Å². The smallest absolute Gasteiger partial charge is 0.306 e. The Balaban J connectivity index is 2.68. The summed E-state index contributed by atoms with van der Waals surface area (Å²) in [7, 11) is 2.48. The molecule has 11 heavy (non-hydrogen) atoms. The maximum atomic E-state index is 9.20. The first-order valence-electron chi connectivity index (χ1n) is 2.99. The second kappa shape index (κ2) is 2.54. The zero-order valence-corrected chi connectivity index (χ0v) is 6.27. The van der Waals surface area contributed by atoms with Gasteiger partial charge >= 0.3 is 11.9 Å². The summed E-state index contributed by atoms with van der Waals surface area (Å²) in [4.78, 5) is 0. The summed E-state index contributed by atoms with van der Waals surface area (Å²) < 4.78 is 13.6. The molecule has 0 bridgehead atoms. The maximum absolute atomic E-state index is 9.20. The van der Waals surface area contributed by atoms with E-state index in [1.807, 2.05) is 0 Å². The fourth-order valence-electron chi connectivity index (χ4n) is 0.708. The van der Waals surface area contributed by atoms with Gasteiger partial charge in [0.05, 0.1) is 0 Å². The van der Waals surface area contributed by atoms with Gasteiger partial charge in [-0.1, -0.05) is 0 Å². The highest BCUT2D eigenvalue weighted by Gasteiger charge is 2.43. The average molecular weight is 162 g/mol. The number of aliphatic hydroxyl groups is 2. The van der Waals surface area contributed by atoms with E-state index in [0.29, 0.717) is 0 Å². The van der Waals surface area contributed by atoms with E-state index in [0.717, 1.165) is 12.2 Å². The lowest BCUT2D eigenvalue weighted by atomic mass is 10.5. The van der Waals surface area contributed by atoms with Gasteiger partial charge in [0.25, 0.3) is 0 Å². The second-order valence-corrected chi connectivity index (χ2v) is 2.11. The molecule has 0 aromatic carbocycles. The average Bonchev–Trinajstić information content (AvgIpc) is 2.30. The Bertz CT molecular complexity index is 162. The molecule has 64 valence electrons. The van der Waals surface area contributed by atoms with Gasteiger partial charge in [0.2, 0.25) is 0 Å². The van der Waals surface area contributed by atoms with Crippen molar-refractivity contribution < 1.29 is 24.4 Å². The Morgan fingerprint density at radius 2 is 1.45 bits per heavy atom. The Kier molecular flexibility index (Phi) is 2.00. The second-order valence-electron chi connectivity index (χ2n) is 2.11. The molecule has 1 heterocycles. The number of methoxy groups -OCH3 is 2. The van der Waals surface area contributed by atoms with Crippen molar-refractivity contribution in [1.82, 2.24) is 0 Å². The molecule has 5 heteroatoms. The van der Waals surface area contributed by atoms with Gasteiger partial charge in [-0.05, 0) is 0 Å². The number of hydrogen-bond acceptors (Lipinski definition) is 5. The van der Waals surface area contributed by atoms with E-state index < -0.39 is 11.9 Å². The largest absolute Gasteiger partial charge is 0.340 e. The SMILES string of the molecule is COC1(O)C=CC(O)(OC)O1. The minimum Gasteiger partial charge on any atom is -0.340 e.